The van der Waals surface area contributed by atoms with Gasteiger partial charge >= 0.3 is 0 Å². The molecule has 21 heavy (non-hydrogen) atoms. The van der Waals surface area contributed by atoms with Crippen LogP contribution in [0.3, 0.4) is 0 Å². The van der Waals surface area contributed by atoms with Crippen LogP contribution in [0.15, 0.2) is 60.9 Å². The van der Waals surface area contributed by atoms with Crippen molar-refractivity contribution in [3.63, 3.8) is 0 Å². The van der Waals surface area contributed by atoms with Gasteiger partial charge in [-0.3, -0.25) is 4.98 Å². The molecule has 4 nitrogen and oxygen atoms in total. The predicted molar refractivity (Wildman–Crippen MR) is 79.7 cm³/mol. The largest absolute Gasteiger partial charge is 0.352 e. The molecule has 4 heteroatoms. The molecule has 0 spiro atoms. The van der Waals surface area contributed by atoms with Crippen LogP contribution in [0.4, 0.5) is 0 Å². The van der Waals surface area contributed by atoms with Crippen LogP contribution in [0, 0.1) is 0 Å². The summed E-state index contributed by atoms with van der Waals surface area (Å²) in [6.45, 7) is 0.712. The van der Waals surface area contributed by atoms with Gasteiger partial charge in [-0.2, -0.15) is 5.10 Å². The number of hydrogen-bond donors (Lipinski definition) is 0. The fourth-order valence-electron chi connectivity index (χ4n) is 2.79. The minimum atomic E-state index is -0.179. The van der Waals surface area contributed by atoms with E-state index in [0.29, 0.717) is 6.61 Å². The fraction of sp³-hybridized carbons (Fsp3) is 0.176. The number of rotatable bonds is 2. The molecule has 1 atom stereocenters. The van der Waals surface area contributed by atoms with Crippen LogP contribution >= 0.6 is 0 Å². The number of hydrogen-bond acceptors (Lipinski definition) is 3. The summed E-state index contributed by atoms with van der Waals surface area (Å²) >= 11 is 0. The van der Waals surface area contributed by atoms with E-state index >= 15 is 0 Å². The van der Waals surface area contributed by atoms with Crippen LogP contribution in [0.1, 0.15) is 17.4 Å². The fourth-order valence-corrected chi connectivity index (χ4v) is 2.79. The average Bonchev–Trinajstić information content (AvgIpc) is 3.04. The molecule has 0 saturated carbocycles. The van der Waals surface area contributed by atoms with Crippen molar-refractivity contribution in [2.24, 2.45) is 0 Å². The van der Waals surface area contributed by atoms with Gasteiger partial charge in [0.1, 0.15) is 0 Å². The van der Waals surface area contributed by atoms with Crippen LogP contribution in [0.2, 0.25) is 0 Å². The predicted octanol–water partition coefficient (Wildman–Crippen LogP) is 3.06. The Kier molecular flexibility index (Phi) is 3.01. The van der Waals surface area contributed by atoms with Gasteiger partial charge in [-0.25, -0.2) is 4.68 Å². The third-order valence-corrected chi connectivity index (χ3v) is 3.79. The van der Waals surface area contributed by atoms with E-state index in [9.17, 15) is 0 Å². The highest BCUT2D eigenvalue weighted by molar-refractivity contribution is 5.54. The van der Waals surface area contributed by atoms with Gasteiger partial charge in [0, 0.05) is 18.0 Å². The first-order chi connectivity index (χ1) is 10.4. The maximum Gasteiger partial charge on any atom is 0.176 e. The first-order valence-corrected chi connectivity index (χ1v) is 7.08. The maximum atomic E-state index is 5.98. The highest BCUT2D eigenvalue weighted by Crippen LogP contribution is 2.31. The summed E-state index contributed by atoms with van der Waals surface area (Å²) in [4.78, 5) is 4.42. The summed E-state index contributed by atoms with van der Waals surface area (Å²) in [6.07, 6.45) is 4.36. The molecule has 1 aromatic carbocycles. The molecule has 0 fully saturated rings. The van der Waals surface area contributed by atoms with E-state index < -0.39 is 0 Å². The monoisotopic (exact) mass is 277 g/mol. The maximum absolute atomic E-state index is 5.98. The van der Waals surface area contributed by atoms with Crippen LogP contribution in [0.25, 0.3) is 11.4 Å². The van der Waals surface area contributed by atoms with Crippen LogP contribution in [-0.4, -0.2) is 21.4 Å². The van der Waals surface area contributed by atoms with E-state index in [4.69, 9.17) is 4.74 Å². The second kappa shape index (κ2) is 5.14. The number of nitrogens with zero attached hydrogens (tertiary/aromatic N) is 3. The Morgan fingerprint density at radius 3 is 2.81 bits per heavy atom. The molecule has 0 bridgehead atoms. The molecule has 1 aliphatic rings. The average molecular weight is 277 g/mol. The number of benzene rings is 1. The highest BCUT2D eigenvalue weighted by Gasteiger charge is 2.24. The molecule has 3 aromatic rings. The van der Waals surface area contributed by atoms with Crippen LogP contribution in [-0.2, 0) is 11.2 Å². The van der Waals surface area contributed by atoms with E-state index in [1.807, 2.05) is 35.0 Å². The zero-order valence-corrected chi connectivity index (χ0v) is 11.5. The van der Waals surface area contributed by atoms with Gasteiger partial charge in [0.2, 0.25) is 0 Å². The third-order valence-electron chi connectivity index (χ3n) is 3.79. The van der Waals surface area contributed by atoms with Crippen molar-refractivity contribution in [1.82, 2.24) is 14.8 Å². The van der Waals surface area contributed by atoms with Crippen molar-refractivity contribution in [2.45, 2.75) is 12.6 Å². The summed E-state index contributed by atoms with van der Waals surface area (Å²) < 4.78 is 7.90. The summed E-state index contributed by atoms with van der Waals surface area (Å²) in [5.41, 5.74) is 4.39. The molecule has 4 rings (SSSR count). The molecular formula is C17H15N3O. The first-order valence-electron chi connectivity index (χ1n) is 7.08. The second-order valence-electron chi connectivity index (χ2n) is 5.05. The summed E-state index contributed by atoms with van der Waals surface area (Å²) in [7, 11) is 0. The quantitative estimate of drug-likeness (QED) is 0.722. The van der Waals surface area contributed by atoms with Crippen molar-refractivity contribution < 1.29 is 4.74 Å². The molecule has 0 saturated heterocycles. The number of fused-ring (bicyclic) bond motifs is 1. The van der Waals surface area contributed by atoms with Crippen molar-refractivity contribution in [1.29, 1.82) is 0 Å². The van der Waals surface area contributed by atoms with Gasteiger partial charge in [-0.05, 0) is 30.2 Å². The Balaban J connectivity index is 1.81. The summed E-state index contributed by atoms with van der Waals surface area (Å²) in [5.74, 6) is 0. The lowest BCUT2D eigenvalue weighted by atomic mass is 10.0. The van der Waals surface area contributed by atoms with Gasteiger partial charge < -0.3 is 4.74 Å². The van der Waals surface area contributed by atoms with Crippen molar-refractivity contribution in [3.8, 4) is 11.4 Å². The van der Waals surface area contributed by atoms with Crippen LogP contribution < -0.4 is 0 Å². The minimum Gasteiger partial charge on any atom is -0.352 e. The molecule has 0 amide bonds. The van der Waals surface area contributed by atoms with E-state index in [2.05, 4.69) is 28.3 Å². The molecule has 1 aliphatic heterocycles. The Morgan fingerprint density at radius 2 is 1.90 bits per heavy atom. The smallest absolute Gasteiger partial charge is 0.176 e. The van der Waals surface area contributed by atoms with Gasteiger partial charge in [0.25, 0.3) is 0 Å². The topological polar surface area (TPSA) is 39.9 Å². The Bertz CT molecular complexity index is 751. The molecule has 3 heterocycles. The Labute approximate surface area is 123 Å². The van der Waals surface area contributed by atoms with E-state index in [1.165, 1.54) is 11.1 Å². The lowest BCUT2D eigenvalue weighted by Crippen LogP contribution is -2.23. The third kappa shape index (κ3) is 2.14. The lowest BCUT2D eigenvalue weighted by molar-refractivity contribution is 0.0150. The van der Waals surface area contributed by atoms with Gasteiger partial charge in [-0.1, -0.05) is 30.3 Å². The molecule has 104 valence electrons. The first kappa shape index (κ1) is 12.3. The summed E-state index contributed by atoms with van der Waals surface area (Å²) in [6, 6.07) is 16.3. The molecule has 0 aliphatic carbocycles. The van der Waals surface area contributed by atoms with E-state index in [-0.39, 0.29) is 6.23 Å². The van der Waals surface area contributed by atoms with Gasteiger partial charge in [0.05, 0.1) is 18.0 Å². The van der Waals surface area contributed by atoms with Crippen molar-refractivity contribution >= 4 is 0 Å². The molecule has 1 unspecified atom stereocenters. The number of ether oxygens (including phenoxy) is 1. The molecular weight excluding hydrogens is 262 g/mol. The van der Waals surface area contributed by atoms with Crippen LogP contribution in [0.5, 0.6) is 0 Å². The lowest BCUT2D eigenvalue weighted by Gasteiger charge is -2.27. The van der Waals surface area contributed by atoms with Gasteiger partial charge in [0.15, 0.2) is 6.23 Å². The van der Waals surface area contributed by atoms with Crippen molar-refractivity contribution in [3.05, 3.63) is 72.1 Å². The highest BCUT2D eigenvalue weighted by atomic mass is 16.5. The second-order valence-corrected chi connectivity index (χ2v) is 5.05. The number of pyridine rings is 1. The Morgan fingerprint density at radius 1 is 1.00 bits per heavy atom. The zero-order valence-electron chi connectivity index (χ0n) is 11.5. The zero-order chi connectivity index (χ0) is 14.1. The number of aromatic nitrogens is 3. The molecule has 0 N–H and O–H groups in total. The van der Waals surface area contributed by atoms with E-state index in [1.54, 1.807) is 12.4 Å². The Hall–Kier alpha value is -2.46. The molecule has 2 aromatic heterocycles. The summed E-state index contributed by atoms with van der Waals surface area (Å²) in [5, 5.41) is 4.47. The normalized spacial score (nSPS) is 17.4. The standard InChI is InChI=1S/C17H15N3O/c1-2-6-14-13(5-1)9-12-21-17(14)20-16(8-11-19-20)15-7-3-4-10-18-15/h1-8,10-11,17H,9,12H2. The van der Waals surface area contributed by atoms with Crippen molar-refractivity contribution in [2.75, 3.05) is 6.61 Å². The SMILES string of the molecule is c1ccc(-c2ccnn2C2OCCc3ccccc32)nc1. The van der Waals surface area contributed by atoms with E-state index in [0.717, 1.165) is 17.8 Å². The molecule has 0 radical (unpaired) electrons. The van der Waals surface area contributed by atoms with Gasteiger partial charge in [-0.15, -0.1) is 0 Å². The minimum absolute atomic E-state index is 0.179.